The van der Waals surface area contributed by atoms with Crippen LogP contribution in [0, 0.1) is 5.92 Å². The molecule has 4 fully saturated rings. The van der Waals surface area contributed by atoms with Crippen LogP contribution in [0.2, 0.25) is 0 Å². The highest BCUT2D eigenvalue weighted by Crippen LogP contribution is 2.35. The lowest BCUT2D eigenvalue weighted by Gasteiger charge is -2.48. The third-order valence-corrected chi connectivity index (χ3v) is 8.76. The number of nitrogens with one attached hydrogen (secondary N) is 2. The number of carbonyl (C=O) groups excluding carboxylic acids is 1. The largest absolute Gasteiger partial charge is 0.355 e. The van der Waals surface area contributed by atoms with Gasteiger partial charge in [-0.15, -0.1) is 24.0 Å². The highest BCUT2D eigenvalue weighted by molar-refractivity contribution is 14.0. The average molecular weight is 564 g/mol. The van der Waals surface area contributed by atoms with E-state index < -0.39 is 0 Å². The van der Waals surface area contributed by atoms with Crippen LogP contribution in [0.15, 0.2) is 4.99 Å². The summed E-state index contributed by atoms with van der Waals surface area (Å²) >= 11 is 2.09. The third kappa shape index (κ3) is 6.43. The van der Waals surface area contributed by atoms with Gasteiger partial charge < -0.3 is 15.5 Å². The van der Waals surface area contributed by atoms with Gasteiger partial charge in [-0.1, -0.05) is 32.1 Å². The fourth-order valence-corrected chi connectivity index (χ4v) is 6.90. The first-order valence-electron chi connectivity index (χ1n) is 12.3. The lowest BCUT2D eigenvalue weighted by atomic mass is 9.80. The van der Waals surface area contributed by atoms with E-state index in [1.807, 2.05) is 7.05 Å². The zero-order valence-electron chi connectivity index (χ0n) is 19.2. The average Bonchev–Trinajstić information content (AvgIpc) is 3.50. The van der Waals surface area contributed by atoms with Crippen LogP contribution in [0.1, 0.15) is 64.2 Å². The van der Waals surface area contributed by atoms with Crippen molar-refractivity contribution in [3.05, 3.63) is 0 Å². The lowest BCUT2D eigenvalue weighted by molar-refractivity contribution is -0.134. The molecule has 2 N–H and O–H groups in total. The second-order valence-electron chi connectivity index (χ2n) is 9.71. The van der Waals surface area contributed by atoms with Gasteiger partial charge in [-0.3, -0.25) is 14.7 Å². The number of carbonyl (C=O) groups is 1. The number of guanidine groups is 1. The quantitative estimate of drug-likeness (QED) is 0.306. The standard InChI is InChI=1S/C23H41N5OS.HI/c1-24-22(26-20-9-12-27(17-20)21(29)19-7-3-4-8-19)25-18-23(10-5-2-6-11-23)28-13-15-30-16-14-28;/h19-20H,2-18H2,1H3,(H2,24,25,26);1H. The Kier molecular flexibility index (Phi) is 10.1. The van der Waals surface area contributed by atoms with Crippen molar-refractivity contribution in [3.63, 3.8) is 0 Å². The van der Waals surface area contributed by atoms with Gasteiger partial charge in [0.05, 0.1) is 0 Å². The molecule has 1 unspecified atom stereocenters. The maximum atomic E-state index is 12.7. The van der Waals surface area contributed by atoms with Crippen LogP contribution in [0.5, 0.6) is 0 Å². The van der Waals surface area contributed by atoms with Crippen LogP contribution in [0.4, 0.5) is 0 Å². The number of rotatable bonds is 5. The van der Waals surface area contributed by atoms with E-state index in [9.17, 15) is 4.79 Å². The summed E-state index contributed by atoms with van der Waals surface area (Å²) in [5.41, 5.74) is 0.289. The maximum absolute atomic E-state index is 12.7. The SMILES string of the molecule is CN=C(NCC1(N2CCSCC2)CCCCC1)NC1CCN(C(=O)C2CCCC2)C1.I. The highest BCUT2D eigenvalue weighted by Gasteiger charge is 2.39. The molecule has 0 aromatic heterocycles. The van der Waals surface area contributed by atoms with Crippen molar-refractivity contribution in [3.8, 4) is 0 Å². The minimum atomic E-state index is 0. The number of nitrogens with zero attached hydrogens (tertiary/aromatic N) is 3. The van der Waals surface area contributed by atoms with Gasteiger partial charge in [0.2, 0.25) is 5.91 Å². The molecule has 2 aliphatic heterocycles. The Morgan fingerprint density at radius 1 is 1.03 bits per heavy atom. The predicted molar refractivity (Wildman–Crippen MR) is 142 cm³/mol. The second-order valence-corrected chi connectivity index (χ2v) is 10.9. The van der Waals surface area contributed by atoms with Gasteiger partial charge in [0.15, 0.2) is 5.96 Å². The summed E-state index contributed by atoms with van der Waals surface area (Å²) in [4.78, 5) is 22.1. The number of halogens is 1. The summed E-state index contributed by atoms with van der Waals surface area (Å²) in [5.74, 6) is 4.12. The van der Waals surface area contributed by atoms with E-state index in [1.54, 1.807) is 0 Å². The molecule has 1 atom stereocenters. The zero-order chi connectivity index (χ0) is 20.8. The topological polar surface area (TPSA) is 60.0 Å². The monoisotopic (exact) mass is 563 g/mol. The Balaban J connectivity index is 0.00000272. The molecule has 4 rings (SSSR count). The van der Waals surface area contributed by atoms with Crippen molar-refractivity contribution in [1.29, 1.82) is 0 Å². The van der Waals surface area contributed by atoms with Crippen LogP contribution in [-0.2, 0) is 4.79 Å². The summed E-state index contributed by atoms with van der Waals surface area (Å²) < 4.78 is 0. The Morgan fingerprint density at radius 3 is 2.42 bits per heavy atom. The smallest absolute Gasteiger partial charge is 0.225 e. The van der Waals surface area contributed by atoms with E-state index in [-0.39, 0.29) is 35.4 Å². The molecule has 0 bridgehead atoms. The van der Waals surface area contributed by atoms with Crippen molar-refractivity contribution in [2.75, 3.05) is 51.3 Å². The van der Waals surface area contributed by atoms with Crippen molar-refractivity contribution in [1.82, 2.24) is 20.4 Å². The third-order valence-electron chi connectivity index (χ3n) is 7.82. The number of hydrogen-bond donors (Lipinski definition) is 2. The summed E-state index contributed by atoms with van der Waals surface area (Å²) in [5, 5.41) is 7.31. The Hall–Kier alpha value is -0.220. The maximum Gasteiger partial charge on any atom is 0.225 e. The molecular weight excluding hydrogens is 521 g/mol. The minimum Gasteiger partial charge on any atom is -0.355 e. The van der Waals surface area contributed by atoms with E-state index in [4.69, 9.17) is 0 Å². The second kappa shape index (κ2) is 12.3. The Morgan fingerprint density at radius 2 is 1.74 bits per heavy atom. The zero-order valence-corrected chi connectivity index (χ0v) is 22.4. The van der Waals surface area contributed by atoms with Crippen LogP contribution >= 0.6 is 35.7 Å². The summed E-state index contributed by atoms with van der Waals surface area (Å²) in [6.45, 7) is 5.14. The molecule has 0 radical (unpaired) electrons. The lowest BCUT2D eigenvalue weighted by Crippen LogP contribution is -2.60. The number of hydrogen-bond acceptors (Lipinski definition) is 4. The van der Waals surface area contributed by atoms with Crippen LogP contribution in [0.25, 0.3) is 0 Å². The van der Waals surface area contributed by atoms with Crippen LogP contribution in [-0.4, -0.2) is 84.5 Å². The molecule has 2 aliphatic carbocycles. The summed E-state index contributed by atoms with van der Waals surface area (Å²) in [7, 11) is 1.87. The summed E-state index contributed by atoms with van der Waals surface area (Å²) in [6, 6.07) is 0.315. The minimum absolute atomic E-state index is 0. The molecule has 0 aromatic carbocycles. The molecule has 0 spiro atoms. The van der Waals surface area contributed by atoms with E-state index in [1.165, 1.54) is 69.5 Å². The van der Waals surface area contributed by atoms with Gasteiger partial charge in [-0.25, -0.2) is 0 Å². The van der Waals surface area contributed by atoms with E-state index in [0.29, 0.717) is 11.9 Å². The normalized spacial score (nSPS) is 27.7. The van der Waals surface area contributed by atoms with Crippen molar-refractivity contribution < 1.29 is 4.79 Å². The fourth-order valence-electron chi connectivity index (χ4n) is 6.00. The number of amides is 1. The van der Waals surface area contributed by atoms with Gasteiger partial charge in [-0.2, -0.15) is 11.8 Å². The van der Waals surface area contributed by atoms with E-state index in [0.717, 1.165) is 44.9 Å². The molecule has 2 saturated heterocycles. The van der Waals surface area contributed by atoms with Gasteiger partial charge in [0.25, 0.3) is 0 Å². The van der Waals surface area contributed by atoms with Gasteiger partial charge in [-0.05, 0) is 32.1 Å². The molecule has 6 nitrogen and oxygen atoms in total. The highest BCUT2D eigenvalue weighted by atomic mass is 127. The fraction of sp³-hybridized carbons (Fsp3) is 0.913. The molecule has 1 amide bonds. The first kappa shape index (κ1) is 25.4. The van der Waals surface area contributed by atoms with E-state index in [2.05, 4.69) is 37.2 Å². The van der Waals surface area contributed by atoms with Gasteiger partial charge >= 0.3 is 0 Å². The molecule has 4 aliphatic rings. The van der Waals surface area contributed by atoms with Gasteiger partial charge in [0, 0.05) is 68.8 Å². The number of aliphatic imine (C=N–C) groups is 1. The van der Waals surface area contributed by atoms with Crippen LogP contribution in [0.3, 0.4) is 0 Å². The molecule has 2 saturated carbocycles. The van der Waals surface area contributed by atoms with Gasteiger partial charge in [0.1, 0.15) is 0 Å². The van der Waals surface area contributed by atoms with Crippen molar-refractivity contribution in [2.45, 2.75) is 75.8 Å². The first-order chi connectivity index (χ1) is 14.7. The molecule has 8 heteroatoms. The van der Waals surface area contributed by atoms with Crippen molar-refractivity contribution in [2.24, 2.45) is 10.9 Å². The predicted octanol–water partition coefficient (Wildman–Crippen LogP) is 3.31. The Labute approximate surface area is 210 Å². The van der Waals surface area contributed by atoms with Crippen LogP contribution < -0.4 is 10.6 Å². The first-order valence-corrected chi connectivity index (χ1v) is 13.4. The van der Waals surface area contributed by atoms with E-state index >= 15 is 0 Å². The van der Waals surface area contributed by atoms with Crippen molar-refractivity contribution >= 4 is 47.6 Å². The molecule has 31 heavy (non-hydrogen) atoms. The molecule has 2 heterocycles. The molecule has 0 aromatic rings. The Bertz CT molecular complexity index is 601. The summed E-state index contributed by atoms with van der Waals surface area (Å²) in [6.07, 6.45) is 12.3. The molecule has 178 valence electrons. The molecular formula is C23H42IN5OS. The number of thioether (sulfide) groups is 1. The number of likely N-dealkylation sites (tertiary alicyclic amines) is 1.